The molecule has 0 spiro atoms. The van der Waals surface area contributed by atoms with Crippen LogP contribution in [-0.2, 0) is 26.2 Å². The van der Waals surface area contributed by atoms with Crippen LogP contribution in [0.3, 0.4) is 0 Å². The van der Waals surface area contributed by atoms with Gasteiger partial charge in [0.25, 0.3) is 10.0 Å². The molecule has 39 heavy (non-hydrogen) atoms. The first-order chi connectivity index (χ1) is 18.4. The molecule has 0 fully saturated rings. The lowest BCUT2D eigenvalue weighted by Crippen LogP contribution is -2.52. The van der Waals surface area contributed by atoms with Crippen molar-refractivity contribution in [2.45, 2.75) is 64.6 Å². The van der Waals surface area contributed by atoms with Crippen LogP contribution in [0.4, 0.5) is 5.69 Å². The van der Waals surface area contributed by atoms with Gasteiger partial charge in [-0.05, 0) is 75.6 Å². The second kappa shape index (κ2) is 13.1. The number of nitrogens with one attached hydrogen (secondary N) is 1. The molecule has 0 unspecified atom stereocenters. The third-order valence-electron chi connectivity index (χ3n) is 6.64. The van der Waals surface area contributed by atoms with E-state index in [1.807, 2.05) is 45.9 Å². The zero-order valence-corrected chi connectivity index (χ0v) is 24.6. The van der Waals surface area contributed by atoms with Crippen LogP contribution in [-0.4, -0.2) is 43.8 Å². The van der Waals surface area contributed by atoms with Crippen molar-refractivity contribution in [1.82, 2.24) is 10.2 Å². The van der Waals surface area contributed by atoms with E-state index in [0.29, 0.717) is 16.3 Å². The van der Waals surface area contributed by atoms with Gasteiger partial charge in [-0.3, -0.25) is 13.9 Å². The maximum Gasteiger partial charge on any atom is 0.264 e. The highest BCUT2D eigenvalue weighted by molar-refractivity contribution is 7.92. The number of anilines is 1. The van der Waals surface area contributed by atoms with Crippen molar-refractivity contribution in [3.63, 3.8) is 0 Å². The van der Waals surface area contributed by atoms with E-state index < -0.39 is 28.5 Å². The number of nitrogens with zero attached hydrogens (tertiary/aromatic N) is 2. The summed E-state index contributed by atoms with van der Waals surface area (Å²) in [4.78, 5) is 28.6. The largest absolute Gasteiger partial charge is 0.352 e. The van der Waals surface area contributed by atoms with Crippen LogP contribution >= 0.6 is 11.6 Å². The molecule has 0 radical (unpaired) electrons. The van der Waals surface area contributed by atoms with Crippen molar-refractivity contribution < 1.29 is 18.0 Å². The van der Waals surface area contributed by atoms with Gasteiger partial charge in [0.15, 0.2) is 0 Å². The van der Waals surface area contributed by atoms with Crippen molar-refractivity contribution in [2.24, 2.45) is 0 Å². The summed E-state index contributed by atoms with van der Waals surface area (Å²) in [6, 6.07) is 19.5. The van der Waals surface area contributed by atoms with Crippen molar-refractivity contribution in [3.05, 3.63) is 94.5 Å². The number of carbonyl (C=O) groups is 2. The number of aryl methyl sites for hydroxylation is 2. The normalized spacial score (nSPS) is 12.9. The number of benzene rings is 3. The molecule has 0 saturated heterocycles. The Balaban J connectivity index is 2.05. The first-order valence-electron chi connectivity index (χ1n) is 12.9. The van der Waals surface area contributed by atoms with Crippen LogP contribution in [0.1, 0.15) is 43.9 Å². The first-order valence-corrected chi connectivity index (χ1v) is 14.7. The second-order valence-corrected chi connectivity index (χ2v) is 12.1. The van der Waals surface area contributed by atoms with E-state index in [1.54, 1.807) is 49.4 Å². The Labute approximate surface area is 236 Å². The topological polar surface area (TPSA) is 86.8 Å². The van der Waals surface area contributed by atoms with Crippen LogP contribution in [0.2, 0.25) is 5.02 Å². The zero-order valence-electron chi connectivity index (χ0n) is 23.0. The minimum absolute atomic E-state index is 0.0710. The van der Waals surface area contributed by atoms with E-state index in [0.717, 1.165) is 21.9 Å². The summed E-state index contributed by atoms with van der Waals surface area (Å²) in [6.07, 6.45) is 0.733. The van der Waals surface area contributed by atoms with E-state index in [4.69, 9.17) is 11.6 Å². The lowest BCUT2D eigenvalue weighted by molar-refractivity contribution is -0.139. The lowest BCUT2D eigenvalue weighted by atomic mass is 10.1. The number of sulfonamides is 1. The van der Waals surface area contributed by atoms with Crippen LogP contribution in [0, 0.1) is 13.8 Å². The predicted octanol–water partition coefficient (Wildman–Crippen LogP) is 5.48. The van der Waals surface area contributed by atoms with Crippen LogP contribution in [0.25, 0.3) is 0 Å². The van der Waals surface area contributed by atoms with Crippen LogP contribution < -0.4 is 9.62 Å². The summed E-state index contributed by atoms with van der Waals surface area (Å²) >= 11 is 6.19. The standard InChI is InChI=1S/C30H36ClN3O4S/c1-6-23(4)32-30(36)24(5)33(19-25-11-10-12-26(31)18-25)29(35)20-34(28-16-15-21(2)17-22(28)3)39(37,38)27-13-8-7-9-14-27/h7-18,23-24H,6,19-20H2,1-5H3,(H,32,36)/t23-,24-/m0/s1. The fourth-order valence-corrected chi connectivity index (χ4v) is 5.91. The van der Waals surface area contributed by atoms with E-state index in [2.05, 4.69) is 5.32 Å². The number of hydrogen-bond acceptors (Lipinski definition) is 4. The zero-order chi connectivity index (χ0) is 28.7. The monoisotopic (exact) mass is 569 g/mol. The molecule has 9 heteroatoms. The maximum absolute atomic E-state index is 14.0. The molecule has 0 heterocycles. The molecule has 208 valence electrons. The van der Waals surface area contributed by atoms with Gasteiger partial charge in [0.1, 0.15) is 12.6 Å². The van der Waals surface area contributed by atoms with Gasteiger partial charge >= 0.3 is 0 Å². The van der Waals surface area contributed by atoms with Crippen molar-refractivity contribution in [2.75, 3.05) is 10.8 Å². The van der Waals surface area contributed by atoms with Crippen molar-refractivity contribution >= 4 is 39.1 Å². The molecule has 3 rings (SSSR count). The molecular formula is C30H36ClN3O4S. The molecule has 1 N–H and O–H groups in total. The van der Waals surface area contributed by atoms with E-state index in [1.165, 1.54) is 17.0 Å². The summed E-state index contributed by atoms with van der Waals surface area (Å²) in [5, 5.41) is 3.43. The third-order valence-corrected chi connectivity index (χ3v) is 8.65. The predicted molar refractivity (Wildman–Crippen MR) is 156 cm³/mol. The van der Waals surface area contributed by atoms with Gasteiger partial charge in [0, 0.05) is 17.6 Å². The highest BCUT2D eigenvalue weighted by atomic mass is 35.5. The second-order valence-electron chi connectivity index (χ2n) is 9.76. The minimum atomic E-state index is -4.10. The fraction of sp³-hybridized carbons (Fsp3) is 0.333. The molecule has 2 atom stereocenters. The van der Waals surface area contributed by atoms with Crippen LogP contribution in [0.5, 0.6) is 0 Å². The minimum Gasteiger partial charge on any atom is -0.352 e. The Hall–Kier alpha value is -3.36. The molecule has 3 aromatic carbocycles. The Morgan fingerprint density at radius 3 is 2.26 bits per heavy atom. The average Bonchev–Trinajstić information content (AvgIpc) is 2.90. The number of hydrogen-bond donors (Lipinski definition) is 1. The van der Waals surface area contributed by atoms with Gasteiger partial charge < -0.3 is 10.2 Å². The number of halogens is 1. The first kappa shape index (κ1) is 30.2. The van der Waals surface area contributed by atoms with Crippen LogP contribution in [0.15, 0.2) is 77.7 Å². The molecule has 0 aliphatic rings. The molecule has 0 saturated carbocycles. The van der Waals surface area contributed by atoms with Crippen molar-refractivity contribution in [1.29, 1.82) is 0 Å². The Morgan fingerprint density at radius 2 is 1.64 bits per heavy atom. The van der Waals surface area contributed by atoms with E-state index in [-0.39, 0.29) is 23.4 Å². The summed E-state index contributed by atoms with van der Waals surface area (Å²) in [5.74, 6) is -0.829. The van der Waals surface area contributed by atoms with E-state index >= 15 is 0 Å². The molecule has 0 aliphatic heterocycles. The Kier molecular flexibility index (Phi) is 10.2. The smallest absolute Gasteiger partial charge is 0.264 e. The van der Waals surface area contributed by atoms with Gasteiger partial charge in [-0.25, -0.2) is 8.42 Å². The Bertz CT molecular complexity index is 1410. The summed E-state index contributed by atoms with van der Waals surface area (Å²) < 4.78 is 28.9. The molecule has 0 aromatic heterocycles. The SMILES string of the molecule is CC[C@H](C)NC(=O)[C@H](C)N(Cc1cccc(Cl)c1)C(=O)CN(c1ccc(C)cc1C)S(=O)(=O)c1ccccc1. The number of carbonyl (C=O) groups excluding carboxylic acids is 2. The maximum atomic E-state index is 14.0. The molecule has 2 amide bonds. The van der Waals surface area contributed by atoms with E-state index in [9.17, 15) is 18.0 Å². The van der Waals surface area contributed by atoms with Gasteiger partial charge in [-0.15, -0.1) is 0 Å². The van der Waals surface area contributed by atoms with Crippen molar-refractivity contribution in [3.8, 4) is 0 Å². The lowest BCUT2D eigenvalue weighted by Gasteiger charge is -2.33. The van der Waals surface area contributed by atoms with Gasteiger partial charge in [-0.1, -0.05) is 66.6 Å². The van der Waals surface area contributed by atoms with Gasteiger partial charge in [0.05, 0.1) is 10.6 Å². The fourth-order valence-electron chi connectivity index (χ4n) is 4.20. The Morgan fingerprint density at radius 1 is 0.949 bits per heavy atom. The van der Waals surface area contributed by atoms with Gasteiger partial charge in [0.2, 0.25) is 11.8 Å². The molecule has 7 nitrogen and oxygen atoms in total. The number of rotatable bonds is 11. The molecule has 0 aliphatic carbocycles. The average molecular weight is 570 g/mol. The summed E-state index contributed by atoms with van der Waals surface area (Å²) in [6.45, 7) is 8.83. The summed E-state index contributed by atoms with van der Waals surface area (Å²) in [7, 11) is -4.10. The third kappa shape index (κ3) is 7.61. The quantitative estimate of drug-likeness (QED) is 0.331. The highest BCUT2D eigenvalue weighted by Gasteiger charge is 2.33. The molecule has 3 aromatic rings. The van der Waals surface area contributed by atoms with Gasteiger partial charge in [-0.2, -0.15) is 0 Å². The summed E-state index contributed by atoms with van der Waals surface area (Å²) in [5.41, 5.74) is 2.81. The molecule has 0 bridgehead atoms. The molecular weight excluding hydrogens is 534 g/mol. The number of amides is 2. The highest BCUT2D eigenvalue weighted by Crippen LogP contribution is 2.28.